The van der Waals surface area contributed by atoms with Gasteiger partial charge in [0.05, 0.1) is 5.56 Å². The quantitative estimate of drug-likeness (QED) is 0.883. The maximum Gasteiger partial charge on any atom is 0.408 e. The SMILES string of the molecule is CCNC(=O)OC12C(=O)c3ccccc3C1(C)Oc1cc(C(C)C)ccc12. The molecule has 1 amide bonds. The number of rotatable bonds is 3. The molecule has 1 heterocycles. The molecule has 5 nitrogen and oxygen atoms in total. The lowest BCUT2D eigenvalue weighted by Gasteiger charge is -2.34. The first-order valence-electron chi connectivity index (χ1n) is 9.29. The van der Waals surface area contributed by atoms with Crippen molar-refractivity contribution in [2.45, 2.75) is 44.8 Å². The van der Waals surface area contributed by atoms with Gasteiger partial charge in [0.25, 0.3) is 0 Å². The highest BCUT2D eigenvalue weighted by molar-refractivity contribution is 6.11. The summed E-state index contributed by atoms with van der Waals surface area (Å²) in [4.78, 5) is 26.0. The molecule has 1 aliphatic heterocycles. The summed E-state index contributed by atoms with van der Waals surface area (Å²) in [6, 6.07) is 13.1. The van der Waals surface area contributed by atoms with Crippen LogP contribution >= 0.6 is 0 Å². The molecule has 27 heavy (non-hydrogen) atoms. The summed E-state index contributed by atoms with van der Waals surface area (Å²) < 4.78 is 12.2. The Bertz CT molecular complexity index is 951. The van der Waals surface area contributed by atoms with Gasteiger partial charge in [0, 0.05) is 17.7 Å². The first-order valence-corrected chi connectivity index (χ1v) is 9.29. The number of Topliss-reactive ketones (excluding diaryl/α,β-unsaturated/α-hetero) is 1. The number of hydrogen-bond donors (Lipinski definition) is 1. The van der Waals surface area contributed by atoms with Gasteiger partial charge in [0.1, 0.15) is 5.75 Å². The van der Waals surface area contributed by atoms with E-state index in [0.29, 0.717) is 29.3 Å². The molecule has 0 fully saturated rings. The lowest BCUT2D eigenvalue weighted by atomic mass is 9.80. The number of fused-ring (bicyclic) bond motifs is 5. The molecule has 2 unspecified atom stereocenters. The van der Waals surface area contributed by atoms with Crippen LogP contribution in [0.25, 0.3) is 0 Å². The fourth-order valence-electron chi connectivity index (χ4n) is 4.21. The van der Waals surface area contributed by atoms with E-state index >= 15 is 0 Å². The molecule has 0 saturated heterocycles. The van der Waals surface area contributed by atoms with E-state index in [0.717, 1.165) is 11.1 Å². The van der Waals surface area contributed by atoms with Crippen LogP contribution in [0.4, 0.5) is 4.79 Å². The van der Waals surface area contributed by atoms with Crippen LogP contribution in [0, 0.1) is 0 Å². The second-order valence-corrected chi connectivity index (χ2v) is 7.52. The van der Waals surface area contributed by atoms with Gasteiger partial charge in [-0.05, 0) is 31.4 Å². The molecule has 2 aliphatic rings. The zero-order chi connectivity index (χ0) is 19.4. The number of carbonyl (C=O) groups excluding carboxylic acids is 2. The van der Waals surface area contributed by atoms with Crippen LogP contribution in [0.1, 0.15) is 60.7 Å². The first-order chi connectivity index (χ1) is 12.8. The van der Waals surface area contributed by atoms with Gasteiger partial charge in [-0.25, -0.2) is 4.79 Å². The predicted octanol–water partition coefficient (Wildman–Crippen LogP) is 4.26. The van der Waals surface area contributed by atoms with Crippen LogP contribution in [-0.2, 0) is 15.9 Å². The van der Waals surface area contributed by atoms with Crippen molar-refractivity contribution < 1.29 is 19.1 Å². The van der Waals surface area contributed by atoms with Crippen molar-refractivity contribution in [1.82, 2.24) is 5.32 Å². The van der Waals surface area contributed by atoms with Gasteiger partial charge in [-0.15, -0.1) is 0 Å². The van der Waals surface area contributed by atoms with Crippen molar-refractivity contribution in [1.29, 1.82) is 0 Å². The van der Waals surface area contributed by atoms with Gasteiger partial charge in [-0.2, -0.15) is 0 Å². The number of alkyl carbamates (subject to hydrolysis) is 1. The number of ketones is 1. The van der Waals surface area contributed by atoms with E-state index in [1.54, 1.807) is 13.0 Å². The third-order valence-corrected chi connectivity index (χ3v) is 5.61. The summed E-state index contributed by atoms with van der Waals surface area (Å²) >= 11 is 0. The lowest BCUT2D eigenvalue weighted by molar-refractivity contribution is -0.0795. The van der Waals surface area contributed by atoms with Gasteiger partial charge < -0.3 is 14.8 Å². The Balaban J connectivity index is 1.95. The molecular weight excluding hydrogens is 342 g/mol. The molecule has 1 aliphatic carbocycles. The Morgan fingerprint density at radius 1 is 1.19 bits per heavy atom. The lowest BCUT2D eigenvalue weighted by Crippen LogP contribution is -2.51. The Hall–Kier alpha value is -2.82. The molecule has 2 atom stereocenters. The average molecular weight is 365 g/mol. The van der Waals surface area contributed by atoms with E-state index < -0.39 is 17.3 Å². The highest BCUT2D eigenvalue weighted by atomic mass is 16.6. The van der Waals surface area contributed by atoms with Crippen molar-refractivity contribution in [2.75, 3.05) is 6.54 Å². The number of nitrogens with one attached hydrogen (secondary N) is 1. The van der Waals surface area contributed by atoms with Gasteiger partial charge in [-0.3, -0.25) is 4.79 Å². The molecule has 1 N–H and O–H groups in total. The number of ether oxygens (including phenoxy) is 2. The molecule has 5 heteroatoms. The standard InChI is InChI=1S/C22H23NO4/c1-5-23-20(25)27-22-17-11-10-14(13(2)3)12-18(17)26-21(22,4)16-9-7-6-8-15(16)19(22)24/h6-13H,5H2,1-4H3,(H,23,25). The molecule has 0 bridgehead atoms. The van der Waals surface area contributed by atoms with Crippen molar-refractivity contribution in [3.8, 4) is 5.75 Å². The largest absolute Gasteiger partial charge is 0.477 e. The maximum absolute atomic E-state index is 13.5. The van der Waals surface area contributed by atoms with Crippen molar-refractivity contribution in [3.63, 3.8) is 0 Å². The highest BCUT2D eigenvalue weighted by Crippen LogP contribution is 2.61. The summed E-state index contributed by atoms with van der Waals surface area (Å²) in [5.41, 5.74) is 0.336. The van der Waals surface area contributed by atoms with Gasteiger partial charge in [-0.1, -0.05) is 50.2 Å². The zero-order valence-electron chi connectivity index (χ0n) is 16.0. The fraction of sp³-hybridized carbons (Fsp3) is 0.364. The molecular formula is C22H23NO4. The molecule has 0 saturated carbocycles. The highest BCUT2D eigenvalue weighted by Gasteiger charge is 2.71. The molecule has 0 spiro atoms. The van der Waals surface area contributed by atoms with E-state index in [-0.39, 0.29) is 5.78 Å². The van der Waals surface area contributed by atoms with E-state index in [9.17, 15) is 9.59 Å². The summed E-state index contributed by atoms with van der Waals surface area (Å²) in [6.07, 6.45) is -0.630. The molecule has 2 aromatic rings. The number of amides is 1. The Labute approximate surface area is 158 Å². The van der Waals surface area contributed by atoms with Crippen LogP contribution in [0.3, 0.4) is 0 Å². The van der Waals surface area contributed by atoms with Crippen LogP contribution in [0.5, 0.6) is 5.75 Å². The van der Waals surface area contributed by atoms with Crippen LogP contribution < -0.4 is 10.1 Å². The smallest absolute Gasteiger partial charge is 0.408 e. The second-order valence-electron chi connectivity index (χ2n) is 7.52. The Kier molecular flexibility index (Phi) is 3.81. The normalized spacial score (nSPS) is 24.9. The minimum atomic E-state index is -1.53. The van der Waals surface area contributed by atoms with Gasteiger partial charge in [0.2, 0.25) is 11.4 Å². The first kappa shape index (κ1) is 17.6. The molecule has 0 aromatic heterocycles. The maximum atomic E-state index is 13.5. The fourth-order valence-corrected chi connectivity index (χ4v) is 4.21. The van der Waals surface area contributed by atoms with Gasteiger partial charge in [0.15, 0.2) is 5.60 Å². The number of hydrogen-bond acceptors (Lipinski definition) is 4. The van der Waals surface area contributed by atoms with Crippen molar-refractivity contribution >= 4 is 11.9 Å². The van der Waals surface area contributed by atoms with E-state index in [2.05, 4.69) is 19.2 Å². The van der Waals surface area contributed by atoms with E-state index in [1.807, 2.05) is 43.3 Å². The average Bonchev–Trinajstić information content (AvgIpc) is 2.99. The molecule has 4 rings (SSSR count). The Morgan fingerprint density at radius 3 is 2.63 bits per heavy atom. The second kappa shape index (κ2) is 5.84. The van der Waals surface area contributed by atoms with Crippen LogP contribution in [-0.4, -0.2) is 18.4 Å². The summed E-state index contributed by atoms with van der Waals surface area (Å²) in [5, 5.41) is 2.64. The summed E-state index contributed by atoms with van der Waals surface area (Å²) in [6.45, 7) is 8.23. The topological polar surface area (TPSA) is 64.6 Å². The van der Waals surface area contributed by atoms with Crippen LogP contribution in [0.15, 0.2) is 42.5 Å². The van der Waals surface area contributed by atoms with Crippen LogP contribution in [0.2, 0.25) is 0 Å². The van der Waals surface area contributed by atoms with Crippen molar-refractivity contribution in [2.24, 2.45) is 0 Å². The third-order valence-electron chi connectivity index (χ3n) is 5.61. The minimum absolute atomic E-state index is 0.247. The van der Waals surface area contributed by atoms with Gasteiger partial charge >= 0.3 is 6.09 Å². The number of benzene rings is 2. The Morgan fingerprint density at radius 2 is 1.93 bits per heavy atom. The monoisotopic (exact) mass is 365 g/mol. The third kappa shape index (κ3) is 2.17. The number of carbonyl (C=O) groups is 2. The summed E-state index contributed by atoms with van der Waals surface area (Å²) in [7, 11) is 0. The van der Waals surface area contributed by atoms with E-state index in [1.165, 1.54) is 0 Å². The molecule has 140 valence electrons. The van der Waals surface area contributed by atoms with E-state index in [4.69, 9.17) is 9.47 Å². The molecule has 2 aromatic carbocycles. The van der Waals surface area contributed by atoms with Crippen molar-refractivity contribution in [3.05, 3.63) is 64.7 Å². The zero-order valence-corrected chi connectivity index (χ0v) is 16.0. The summed E-state index contributed by atoms with van der Waals surface area (Å²) in [5.74, 6) is 0.661. The minimum Gasteiger partial charge on any atom is -0.477 e. The molecule has 0 radical (unpaired) electrons. The predicted molar refractivity (Wildman–Crippen MR) is 101 cm³/mol.